The van der Waals surface area contributed by atoms with Crippen LogP contribution < -0.4 is 0 Å². The number of H-pyrrole nitrogens is 1. The van der Waals surface area contributed by atoms with Crippen LogP contribution in [0.15, 0.2) is 67.5 Å². The topological polar surface area (TPSA) is 70.2 Å². The molecule has 0 bridgehead atoms. The van der Waals surface area contributed by atoms with Crippen molar-refractivity contribution in [3.05, 3.63) is 90.2 Å². The Hall–Kier alpha value is -3.20. The first-order valence-corrected chi connectivity index (χ1v) is 10.7. The second kappa shape index (κ2) is 9.12. The normalized spacial score (nSPS) is 18.3. The molecule has 1 aliphatic heterocycles. The van der Waals surface area contributed by atoms with Crippen molar-refractivity contribution >= 4 is 10.9 Å². The molecule has 4 aromatic rings. The van der Waals surface area contributed by atoms with Crippen LogP contribution in [-0.2, 0) is 11.3 Å². The SMILES string of the molecule is CN(Cc1cccnc1)C(c1ccncn1)N1CCOC(c2c(F)ccc3[nH]ccc23)C1. The van der Waals surface area contributed by atoms with Gasteiger partial charge < -0.3 is 9.72 Å². The first kappa shape index (κ1) is 20.7. The number of rotatable bonds is 6. The monoisotopic (exact) mass is 432 g/mol. The first-order chi connectivity index (χ1) is 15.7. The van der Waals surface area contributed by atoms with Gasteiger partial charge in [0.2, 0.25) is 0 Å². The molecule has 1 fully saturated rings. The van der Waals surface area contributed by atoms with Crippen LogP contribution in [0.1, 0.15) is 29.1 Å². The molecule has 2 atom stereocenters. The van der Waals surface area contributed by atoms with Gasteiger partial charge in [-0.25, -0.2) is 14.4 Å². The van der Waals surface area contributed by atoms with Gasteiger partial charge in [-0.15, -0.1) is 0 Å². The maximum atomic E-state index is 14.9. The third-order valence-corrected chi connectivity index (χ3v) is 5.93. The standard InChI is InChI=1S/C24H25FN6O/c1-30(14-17-3-2-8-26-13-17)24(21-7-9-27-16-29-21)31-11-12-32-22(15-31)23-18-6-10-28-20(18)5-4-19(23)25/h2-10,13,16,22,24,28H,11-12,14-15H2,1H3. The smallest absolute Gasteiger partial charge is 0.129 e. The van der Waals surface area contributed by atoms with Crippen LogP contribution in [0.5, 0.6) is 0 Å². The van der Waals surface area contributed by atoms with Gasteiger partial charge in [0.05, 0.1) is 18.4 Å². The van der Waals surface area contributed by atoms with Crippen LogP contribution in [0.25, 0.3) is 10.9 Å². The highest BCUT2D eigenvalue weighted by molar-refractivity contribution is 5.83. The Labute approximate surface area is 185 Å². The molecule has 0 aliphatic carbocycles. The molecule has 2 unspecified atom stereocenters. The van der Waals surface area contributed by atoms with Crippen molar-refractivity contribution in [3.63, 3.8) is 0 Å². The molecule has 4 heterocycles. The number of hydrogen-bond donors (Lipinski definition) is 1. The number of halogens is 1. The van der Waals surface area contributed by atoms with E-state index in [0.717, 1.165) is 22.2 Å². The molecule has 0 spiro atoms. The van der Waals surface area contributed by atoms with E-state index in [1.165, 1.54) is 6.07 Å². The molecule has 1 saturated heterocycles. The fourth-order valence-corrected chi connectivity index (χ4v) is 4.53. The van der Waals surface area contributed by atoms with E-state index in [-0.39, 0.29) is 18.1 Å². The van der Waals surface area contributed by atoms with E-state index >= 15 is 0 Å². The van der Waals surface area contributed by atoms with E-state index in [1.807, 2.05) is 30.6 Å². The Kier molecular flexibility index (Phi) is 5.89. The van der Waals surface area contributed by atoms with Gasteiger partial charge in [0.25, 0.3) is 0 Å². The van der Waals surface area contributed by atoms with E-state index < -0.39 is 0 Å². The third-order valence-electron chi connectivity index (χ3n) is 5.93. The lowest BCUT2D eigenvalue weighted by atomic mass is 10.0. The van der Waals surface area contributed by atoms with Crippen LogP contribution in [0.4, 0.5) is 4.39 Å². The molecule has 0 radical (unpaired) electrons. The van der Waals surface area contributed by atoms with Crippen molar-refractivity contribution in [2.24, 2.45) is 0 Å². The molecule has 164 valence electrons. The zero-order valence-electron chi connectivity index (χ0n) is 17.9. The van der Waals surface area contributed by atoms with E-state index in [9.17, 15) is 4.39 Å². The van der Waals surface area contributed by atoms with Crippen molar-refractivity contribution in [3.8, 4) is 0 Å². The summed E-state index contributed by atoms with van der Waals surface area (Å²) >= 11 is 0. The minimum atomic E-state index is -0.376. The molecular formula is C24H25FN6O. The number of fused-ring (bicyclic) bond motifs is 1. The Morgan fingerprint density at radius 3 is 2.97 bits per heavy atom. The van der Waals surface area contributed by atoms with Gasteiger partial charge in [0.1, 0.15) is 18.3 Å². The number of benzene rings is 1. The summed E-state index contributed by atoms with van der Waals surface area (Å²) in [6, 6.07) is 11.1. The van der Waals surface area contributed by atoms with Gasteiger partial charge in [-0.1, -0.05) is 6.07 Å². The predicted molar refractivity (Wildman–Crippen MR) is 119 cm³/mol. The molecule has 7 nitrogen and oxygen atoms in total. The highest BCUT2D eigenvalue weighted by atomic mass is 19.1. The van der Waals surface area contributed by atoms with Crippen LogP contribution in [0, 0.1) is 5.82 Å². The number of nitrogens with zero attached hydrogens (tertiary/aromatic N) is 5. The quantitative estimate of drug-likeness (QED) is 0.501. The summed E-state index contributed by atoms with van der Waals surface area (Å²) in [7, 11) is 2.07. The van der Waals surface area contributed by atoms with Crippen LogP contribution in [0.3, 0.4) is 0 Å². The summed E-state index contributed by atoms with van der Waals surface area (Å²) in [6.45, 7) is 2.47. The lowest BCUT2D eigenvalue weighted by Gasteiger charge is -2.42. The number of pyridine rings is 1. The Bertz CT molecular complexity index is 1170. The molecule has 0 amide bonds. The second-order valence-electron chi connectivity index (χ2n) is 8.04. The van der Waals surface area contributed by atoms with Gasteiger partial charge in [0.15, 0.2) is 0 Å². The summed E-state index contributed by atoms with van der Waals surface area (Å²) in [5, 5.41) is 0.860. The minimum absolute atomic E-state index is 0.113. The zero-order chi connectivity index (χ0) is 21.9. The summed E-state index contributed by atoms with van der Waals surface area (Å²) in [6.07, 6.45) is 8.31. The van der Waals surface area contributed by atoms with Crippen molar-refractivity contribution in [1.82, 2.24) is 29.7 Å². The van der Waals surface area contributed by atoms with Gasteiger partial charge >= 0.3 is 0 Å². The molecule has 1 aliphatic rings. The molecule has 1 N–H and O–H groups in total. The average molecular weight is 433 g/mol. The predicted octanol–water partition coefficient (Wildman–Crippen LogP) is 3.70. The van der Waals surface area contributed by atoms with Gasteiger partial charge in [-0.2, -0.15) is 0 Å². The van der Waals surface area contributed by atoms with Crippen molar-refractivity contribution in [1.29, 1.82) is 0 Å². The molecule has 5 rings (SSSR count). The van der Waals surface area contributed by atoms with Gasteiger partial charge in [-0.05, 0) is 42.9 Å². The molecule has 32 heavy (non-hydrogen) atoms. The average Bonchev–Trinajstić information content (AvgIpc) is 3.29. The van der Waals surface area contributed by atoms with Crippen molar-refractivity contribution in [2.45, 2.75) is 18.8 Å². The summed E-state index contributed by atoms with van der Waals surface area (Å²) in [4.78, 5) is 20.6. The molecular weight excluding hydrogens is 407 g/mol. The zero-order valence-corrected chi connectivity index (χ0v) is 17.9. The number of aromatic nitrogens is 4. The first-order valence-electron chi connectivity index (χ1n) is 10.7. The maximum Gasteiger partial charge on any atom is 0.129 e. The Balaban J connectivity index is 1.46. The highest BCUT2D eigenvalue weighted by Crippen LogP contribution is 2.34. The molecule has 1 aromatic carbocycles. The number of aromatic amines is 1. The largest absolute Gasteiger partial charge is 0.371 e. The summed E-state index contributed by atoms with van der Waals surface area (Å²) in [5.41, 5.74) is 3.52. The number of nitrogens with one attached hydrogen (secondary N) is 1. The van der Waals surface area contributed by atoms with E-state index in [2.05, 4.69) is 42.8 Å². The highest BCUT2D eigenvalue weighted by Gasteiger charge is 2.33. The van der Waals surface area contributed by atoms with Crippen LogP contribution in [-0.4, -0.2) is 56.5 Å². The number of morpholine rings is 1. The maximum absolute atomic E-state index is 14.9. The van der Waals surface area contributed by atoms with E-state index in [1.54, 1.807) is 24.8 Å². The van der Waals surface area contributed by atoms with E-state index in [4.69, 9.17) is 4.74 Å². The third kappa shape index (κ3) is 4.12. The van der Waals surface area contributed by atoms with Gasteiger partial charge in [0, 0.05) is 60.9 Å². The number of ether oxygens (including phenoxy) is 1. The van der Waals surface area contributed by atoms with Gasteiger partial charge in [-0.3, -0.25) is 14.8 Å². The fourth-order valence-electron chi connectivity index (χ4n) is 4.53. The minimum Gasteiger partial charge on any atom is -0.371 e. The number of hydrogen-bond acceptors (Lipinski definition) is 6. The Morgan fingerprint density at radius 2 is 2.16 bits per heavy atom. The van der Waals surface area contributed by atoms with Crippen molar-refractivity contribution < 1.29 is 9.13 Å². The van der Waals surface area contributed by atoms with Crippen LogP contribution >= 0.6 is 0 Å². The summed E-state index contributed by atoms with van der Waals surface area (Å²) in [5.74, 6) is -0.244. The second-order valence-corrected chi connectivity index (χ2v) is 8.04. The Morgan fingerprint density at radius 1 is 1.22 bits per heavy atom. The van der Waals surface area contributed by atoms with Crippen molar-refractivity contribution in [2.75, 3.05) is 26.7 Å². The molecule has 8 heteroatoms. The lowest BCUT2D eigenvalue weighted by Crippen LogP contribution is -2.46. The summed E-state index contributed by atoms with van der Waals surface area (Å²) < 4.78 is 21.0. The fraction of sp³-hybridized carbons (Fsp3) is 0.292. The van der Waals surface area contributed by atoms with E-state index in [0.29, 0.717) is 31.8 Å². The molecule has 0 saturated carbocycles. The lowest BCUT2D eigenvalue weighted by molar-refractivity contribution is -0.0765. The van der Waals surface area contributed by atoms with Crippen LogP contribution in [0.2, 0.25) is 0 Å². The molecule has 3 aromatic heterocycles.